The van der Waals surface area contributed by atoms with Gasteiger partial charge >= 0.3 is 11.9 Å². The number of aliphatic hydroxyl groups is 4. The number of rotatable bonds is 12. The van der Waals surface area contributed by atoms with Gasteiger partial charge in [-0.2, -0.15) is 0 Å². The maximum absolute atomic E-state index is 13.0. The van der Waals surface area contributed by atoms with Gasteiger partial charge in [0.1, 0.15) is 30.5 Å². The number of hydrogen-bond acceptors (Lipinski definition) is 16. The Balaban J connectivity index is 1.61. The van der Waals surface area contributed by atoms with E-state index >= 15 is 0 Å². The van der Waals surface area contributed by atoms with Crippen LogP contribution in [-0.4, -0.2) is 129 Å². The van der Waals surface area contributed by atoms with Crippen LogP contribution in [-0.2, 0) is 44.4 Å². The van der Waals surface area contributed by atoms with Crippen molar-refractivity contribution in [1.82, 2.24) is 0 Å². The van der Waals surface area contributed by atoms with E-state index in [4.69, 9.17) is 33.2 Å². The zero-order chi connectivity index (χ0) is 35.1. The minimum atomic E-state index is -1.80. The van der Waals surface area contributed by atoms with Crippen molar-refractivity contribution in [3.63, 3.8) is 0 Å². The maximum Gasteiger partial charge on any atom is 0.331 e. The van der Waals surface area contributed by atoms with Gasteiger partial charge in [0, 0.05) is 13.0 Å². The first-order valence-electron chi connectivity index (χ1n) is 15.0. The van der Waals surface area contributed by atoms with Gasteiger partial charge in [-0.3, -0.25) is 4.79 Å². The molecule has 0 amide bonds. The summed E-state index contributed by atoms with van der Waals surface area (Å²) in [7, 11) is 1.40. The van der Waals surface area contributed by atoms with E-state index < -0.39 is 85.7 Å². The summed E-state index contributed by atoms with van der Waals surface area (Å²) in [5.74, 6) is -2.42. The minimum Gasteiger partial charge on any atom is -0.504 e. The van der Waals surface area contributed by atoms with Crippen LogP contribution in [0.25, 0.3) is 6.08 Å². The number of aliphatic hydroxyl groups excluding tert-OH is 4. The Morgan fingerprint density at radius 2 is 1.58 bits per heavy atom. The number of ether oxygens (including phenoxy) is 7. The topological polar surface area (TPSA) is 240 Å². The van der Waals surface area contributed by atoms with E-state index in [2.05, 4.69) is 0 Å². The van der Waals surface area contributed by atoms with Crippen LogP contribution < -0.4 is 4.74 Å². The number of phenolic OH excluding ortho intramolecular Hbond substituents is 3. The highest BCUT2D eigenvalue weighted by atomic mass is 16.8. The SMILES string of the molecule is COc1cc(CCO[C@@H]2O[C@H](CO)[C@@H](OC(=O)C=Cc3ccc(O)c(O)c3)[C@H](O[C@@H]3O[C@@H](C)[C@H](O)[C@@H](O)[C@H]3O)[C@H]2OC(C)=O)ccc1O. The van der Waals surface area contributed by atoms with Crippen LogP contribution in [0.15, 0.2) is 42.5 Å². The number of aromatic hydroxyl groups is 3. The molecule has 48 heavy (non-hydrogen) atoms. The number of hydrogen-bond donors (Lipinski definition) is 7. The predicted octanol–water partition coefficient (Wildman–Crippen LogP) is -0.142. The lowest BCUT2D eigenvalue weighted by Crippen LogP contribution is -2.65. The fraction of sp³-hybridized carbons (Fsp3) is 0.500. The van der Waals surface area contributed by atoms with Crippen LogP contribution in [0.1, 0.15) is 25.0 Å². The largest absolute Gasteiger partial charge is 0.504 e. The van der Waals surface area contributed by atoms with Crippen molar-refractivity contribution in [2.75, 3.05) is 20.3 Å². The molecular formula is C32H40O16. The zero-order valence-electron chi connectivity index (χ0n) is 26.3. The molecule has 2 aliphatic heterocycles. The summed E-state index contributed by atoms with van der Waals surface area (Å²) >= 11 is 0. The second kappa shape index (κ2) is 16.4. The highest BCUT2D eigenvalue weighted by Crippen LogP contribution is 2.33. The standard InChI is InChI=1S/C32H40O16/c1-15-25(39)26(40)27(41)31(44-15)48-29-28(47-24(38)9-6-17-4-7-19(35)21(37)12-17)23(14-33)46-32(30(29)45-16(2)34)43-11-10-18-5-8-20(36)22(13-18)42-3/h4-9,12-13,15,23,25-33,35-37,39-41H,10-11,14H2,1-3H3/t15-,23+,25-,26+,27+,28+,29-,30+,31-,32+/m0/s1. The first-order chi connectivity index (χ1) is 22.8. The summed E-state index contributed by atoms with van der Waals surface area (Å²) in [4.78, 5) is 25.3. The van der Waals surface area contributed by atoms with E-state index in [9.17, 15) is 45.3 Å². The quantitative estimate of drug-likeness (QED) is 0.0877. The summed E-state index contributed by atoms with van der Waals surface area (Å²) in [6, 6.07) is 8.50. The Kier molecular flexibility index (Phi) is 12.6. The molecular weight excluding hydrogens is 640 g/mol. The Bertz CT molecular complexity index is 1430. The molecule has 0 aliphatic carbocycles. The van der Waals surface area contributed by atoms with E-state index in [-0.39, 0.29) is 30.3 Å². The van der Waals surface area contributed by atoms with Crippen molar-refractivity contribution in [2.24, 2.45) is 0 Å². The van der Waals surface area contributed by atoms with Crippen molar-refractivity contribution < 1.29 is 78.5 Å². The molecule has 2 heterocycles. The second-order valence-electron chi connectivity index (χ2n) is 11.2. The average Bonchev–Trinajstić information content (AvgIpc) is 3.05. The van der Waals surface area contributed by atoms with Crippen LogP contribution in [0.5, 0.6) is 23.0 Å². The number of methoxy groups -OCH3 is 1. The van der Waals surface area contributed by atoms with E-state index in [1.54, 1.807) is 12.1 Å². The van der Waals surface area contributed by atoms with Crippen molar-refractivity contribution in [2.45, 2.75) is 81.7 Å². The summed E-state index contributed by atoms with van der Waals surface area (Å²) in [5.41, 5.74) is 1.03. The third kappa shape index (κ3) is 8.91. The third-order valence-electron chi connectivity index (χ3n) is 7.75. The smallest absolute Gasteiger partial charge is 0.331 e. The van der Waals surface area contributed by atoms with Gasteiger partial charge in [0.25, 0.3) is 0 Å². The summed E-state index contributed by atoms with van der Waals surface area (Å²) in [6.45, 7) is 1.73. The normalized spacial score (nSPS) is 30.6. The number of esters is 2. The molecule has 0 radical (unpaired) electrons. The highest BCUT2D eigenvalue weighted by molar-refractivity contribution is 5.87. The lowest BCUT2D eigenvalue weighted by Gasteiger charge is -2.47. The molecule has 0 bridgehead atoms. The number of benzene rings is 2. The molecule has 7 N–H and O–H groups in total. The Labute approximate surface area is 275 Å². The molecule has 2 aliphatic rings. The Morgan fingerprint density at radius 1 is 0.854 bits per heavy atom. The van der Waals surface area contributed by atoms with Gasteiger partial charge in [0.15, 0.2) is 47.8 Å². The molecule has 16 nitrogen and oxygen atoms in total. The summed E-state index contributed by atoms with van der Waals surface area (Å²) in [6.07, 6.45) is -12.4. The maximum atomic E-state index is 13.0. The predicted molar refractivity (Wildman–Crippen MR) is 162 cm³/mol. The van der Waals surface area contributed by atoms with Crippen LogP contribution >= 0.6 is 0 Å². The molecule has 264 valence electrons. The van der Waals surface area contributed by atoms with E-state index in [1.807, 2.05) is 0 Å². The monoisotopic (exact) mass is 680 g/mol. The molecule has 0 unspecified atom stereocenters. The van der Waals surface area contributed by atoms with Gasteiger partial charge in [-0.05, 0) is 54.8 Å². The van der Waals surface area contributed by atoms with Gasteiger partial charge in [-0.25, -0.2) is 4.79 Å². The van der Waals surface area contributed by atoms with E-state index in [0.29, 0.717) is 11.1 Å². The number of phenols is 3. The third-order valence-corrected chi connectivity index (χ3v) is 7.75. The molecule has 2 saturated heterocycles. The Morgan fingerprint density at radius 3 is 2.25 bits per heavy atom. The number of carbonyl (C=O) groups is 2. The van der Waals surface area contributed by atoms with E-state index in [0.717, 1.165) is 13.0 Å². The van der Waals surface area contributed by atoms with E-state index in [1.165, 1.54) is 44.4 Å². The molecule has 2 aromatic rings. The molecule has 10 atom stereocenters. The Hall–Kier alpha value is -4.00. The molecule has 0 saturated carbocycles. The van der Waals surface area contributed by atoms with Gasteiger partial charge in [-0.15, -0.1) is 0 Å². The summed E-state index contributed by atoms with van der Waals surface area (Å²) in [5, 5.41) is 70.8. The lowest BCUT2D eigenvalue weighted by atomic mass is 9.96. The molecule has 4 rings (SSSR count). The number of carbonyl (C=O) groups excluding carboxylic acids is 2. The van der Waals surface area contributed by atoms with Gasteiger partial charge < -0.3 is 68.9 Å². The van der Waals surface area contributed by atoms with Gasteiger partial charge in [-0.1, -0.05) is 12.1 Å². The van der Waals surface area contributed by atoms with Gasteiger partial charge in [0.05, 0.1) is 26.4 Å². The molecule has 2 aromatic carbocycles. The molecule has 2 fully saturated rings. The molecule has 0 spiro atoms. The van der Waals surface area contributed by atoms with Crippen molar-refractivity contribution in [3.8, 4) is 23.0 Å². The van der Waals surface area contributed by atoms with Crippen LogP contribution in [0.2, 0.25) is 0 Å². The van der Waals surface area contributed by atoms with Crippen molar-refractivity contribution in [3.05, 3.63) is 53.6 Å². The van der Waals surface area contributed by atoms with Crippen molar-refractivity contribution in [1.29, 1.82) is 0 Å². The fourth-order valence-electron chi connectivity index (χ4n) is 5.21. The van der Waals surface area contributed by atoms with Gasteiger partial charge in [0.2, 0.25) is 0 Å². The molecule has 0 aromatic heterocycles. The van der Waals surface area contributed by atoms with Crippen molar-refractivity contribution >= 4 is 18.0 Å². The van der Waals surface area contributed by atoms with Crippen LogP contribution in [0, 0.1) is 0 Å². The highest BCUT2D eigenvalue weighted by Gasteiger charge is 2.54. The molecule has 16 heteroatoms. The summed E-state index contributed by atoms with van der Waals surface area (Å²) < 4.78 is 39.7. The second-order valence-corrected chi connectivity index (χ2v) is 11.2. The van der Waals surface area contributed by atoms with Crippen LogP contribution in [0.4, 0.5) is 0 Å². The minimum absolute atomic E-state index is 0.0433. The fourth-order valence-corrected chi connectivity index (χ4v) is 5.21. The lowest BCUT2D eigenvalue weighted by molar-refractivity contribution is -0.358. The average molecular weight is 681 g/mol. The first-order valence-corrected chi connectivity index (χ1v) is 15.0. The zero-order valence-corrected chi connectivity index (χ0v) is 26.3. The van der Waals surface area contributed by atoms with Crippen LogP contribution in [0.3, 0.4) is 0 Å². The first kappa shape index (κ1) is 36.8.